The van der Waals surface area contributed by atoms with E-state index in [0.717, 1.165) is 37.1 Å². The Kier molecular flexibility index (Phi) is 4.73. The molecule has 1 fully saturated rings. The third kappa shape index (κ3) is 3.82. The van der Waals surface area contributed by atoms with Crippen LogP contribution in [0.15, 0.2) is 24.3 Å². The van der Waals surface area contributed by atoms with E-state index in [1.54, 1.807) is 0 Å². The number of rotatable bonds is 4. The first-order chi connectivity index (χ1) is 8.78. The number of nitrogens with one attached hydrogen (secondary N) is 1. The van der Waals surface area contributed by atoms with Crippen molar-refractivity contribution < 1.29 is 9.53 Å². The highest BCUT2D eigenvalue weighted by Crippen LogP contribution is 2.17. The van der Waals surface area contributed by atoms with E-state index >= 15 is 0 Å². The third-order valence-corrected chi connectivity index (χ3v) is 3.16. The maximum absolute atomic E-state index is 11.8. The van der Waals surface area contributed by atoms with Crippen molar-refractivity contribution in [3.05, 3.63) is 29.8 Å². The molecule has 3 N–H and O–H groups in total. The number of carbonyl (C=O) groups is 1. The molecule has 4 nitrogen and oxygen atoms in total. The fourth-order valence-electron chi connectivity index (χ4n) is 2.11. The smallest absolute Gasteiger partial charge is 0.226 e. The highest BCUT2D eigenvalue weighted by molar-refractivity contribution is 5.91. The van der Waals surface area contributed by atoms with Crippen molar-refractivity contribution in [2.45, 2.75) is 38.3 Å². The second kappa shape index (κ2) is 6.52. The van der Waals surface area contributed by atoms with Crippen LogP contribution in [0.3, 0.4) is 0 Å². The molecule has 1 aromatic rings. The normalized spacial score (nSPS) is 19.5. The number of ether oxygens (including phenoxy) is 1. The van der Waals surface area contributed by atoms with Gasteiger partial charge in [-0.15, -0.1) is 0 Å². The Morgan fingerprint density at radius 2 is 2.11 bits per heavy atom. The summed E-state index contributed by atoms with van der Waals surface area (Å²) in [4.78, 5) is 11.8. The van der Waals surface area contributed by atoms with Gasteiger partial charge in [-0.1, -0.05) is 12.1 Å². The third-order valence-electron chi connectivity index (χ3n) is 3.16. The minimum Gasteiger partial charge on any atom is -0.378 e. The van der Waals surface area contributed by atoms with Gasteiger partial charge < -0.3 is 15.8 Å². The molecule has 0 spiro atoms. The lowest BCUT2D eigenvalue weighted by molar-refractivity contribution is -0.119. The molecule has 0 saturated carbocycles. The number of hydrogen-bond donors (Lipinski definition) is 2. The van der Waals surface area contributed by atoms with E-state index in [-0.39, 0.29) is 12.0 Å². The topological polar surface area (TPSA) is 64.3 Å². The zero-order valence-corrected chi connectivity index (χ0v) is 10.5. The highest BCUT2D eigenvalue weighted by atomic mass is 16.5. The van der Waals surface area contributed by atoms with Gasteiger partial charge in [-0.25, -0.2) is 0 Å². The molecule has 1 aliphatic rings. The maximum atomic E-state index is 11.8. The Labute approximate surface area is 108 Å². The van der Waals surface area contributed by atoms with Crippen LogP contribution in [0.25, 0.3) is 0 Å². The number of anilines is 1. The molecule has 98 valence electrons. The van der Waals surface area contributed by atoms with Crippen LogP contribution < -0.4 is 11.1 Å². The van der Waals surface area contributed by atoms with E-state index in [2.05, 4.69) is 5.32 Å². The quantitative estimate of drug-likeness (QED) is 0.857. The molecule has 1 atom stereocenters. The summed E-state index contributed by atoms with van der Waals surface area (Å²) in [7, 11) is 0. The van der Waals surface area contributed by atoms with Gasteiger partial charge in [-0.3, -0.25) is 4.79 Å². The standard InChI is InChI=1S/C14H20N2O2/c15-10-11-4-6-12(7-5-11)16-14(17)9-13-3-1-2-8-18-13/h4-7,13H,1-3,8-10,15H2,(H,16,17). The Bertz CT molecular complexity index is 383. The molecule has 1 amide bonds. The van der Waals surface area contributed by atoms with Gasteiger partial charge in [-0.05, 0) is 37.0 Å². The first kappa shape index (κ1) is 13.1. The predicted molar refractivity (Wildman–Crippen MR) is 71.2 cm³/mol. The zero-order chi connectivity index (χ0) is 12.8. The van der Waals surface area contributed by atoms with Gasteiger partial charge >= 0.3 is 0 Å². The molecule has 1 unspecified atom stereocenters. The van der Waals surface area contributed by atoms with E-state index in [4.69, 9.17) is 10.5 Å². The van der Waals surface area contributed by atoms with Crippen molar-refractivity contribution >= 4 is 11.6 Å². The Hall–Kier alpha value is -1.39. The van der Waals surface area contributed by atoms with Crippen LogP contribution in [-0.4, -0.2) is 18.6 Å². The average Bonchev–Trinajstić information content (AvgIpc) is 2.40. The van der Waals surface area contributed by atoms with E-state index in [1.807, 2.05) is 24.3 Å². The number of benzene rings is 1. The van der Waals surface area contributed by atoms with Crippen molar-refractivity contribution in [1.82, 2.24) is 0 Å². The van der Waals surface area contributed by atoms with E-state index in [0.29, 0.717) is 13.0 Å². The molecule has 0 aliphatic carbocycles. The summed E-state index contributed by atoms with van der Waals surface area (Å²) < 4.78 is 5.55. The molecule has 1 saturated heterocycles. The van der Waals surface area contributed by atoms with Crippen LogP contribution in [0.2, 0.25) is 0 Å². The summed E-state index contributed by atoms with van der Waals surface area (Å²) in [5.41, 5.74) is 7.39. The second-order valence-electron chi connectivity index (χ2n) is 4.64. The van der Waals surface area contributed by atoms with Gasteiger partial charge in [0.05, 0.1) is 12.5 Å². The Morgan fingerprint density at radius 3 is 2.72 bits per heavy atom. The molecule has 0 bridgehead atoms. The minimum atomic E-state index is 0.0161. The lowest BCUT2D eigenvalue weighted by Gasteiger charge is -2.21. The number of carbonyl (C=O) groups excluding carboxylic acids is 1. The van der Waals surface area contributed by atoms with Crippen LogP contribution >= 0.6 is 0 Å². The molecule has 18 heavy (non-hydrogen) atoms. The van der Waals surface area contributed by atoms with Crippen LogP contribution in [0.1, 0.15) is 31.2 Å². The van der Waals surface area contributed by atoms with Crippen molar-refractivity contribution in [3.63, 3.8) is 0 Å². The van der Waals surface area contributed by atoms with E-state index in [9.17, 15) is 4.79 Å². The second-order valence-corrected chi connectivity index (χ2v) is 4.64. The summed E-state index contributed by atoms with van der Waals surface area (Å²) >= 11 is 0. The first-order valence-corrected chi connectivity index (χ1v) is 6.48. The summed E-state index contributed by atoms with van der Waals surface area (Å²) in [6.07, 6.45) is 3.78. The molecule has 4 heteroatoms. The number of amides is 1. The van der Waals surface area contributed by atoms with Crippen molar-refractivity contribution in [2.75, 3.05) is 11.9 Å². The van der Waals surface area contributed by atoms with Gasteiger partial charge in [0, 0.05) is 18.8 Å². The lowest BCUT2D eigenvalue weighted by Crippen LogP contribution is -2.25. The van der Waals surface area contributed by atoms with Crippen molar-refractivity contribution in [2.24, 2.45) is 5.73 Å². The van der Waals surface area contributed by atoms with Crippen LogP contribution in [-0.2, 0) is 16.1 Å². The Morgan fingerprint density at radius 1 is 1.33 bits per heavy atom. The van der Waals surface area contributed by atoms with Crippen LogP contribution in [0.4, 0.5) is 5.69 Å². The largest absolute Gasteiger partial charge is 0.378 e. The predicted octanol–water partition coefficient (Wildman–Crippen LogP) is 2.04. The molecular weight excluding hydrogens is 228 g/mol. The highest BCUT2D eigenvalue weighted by Gasteiger charge is 2.17. The van der Waals surface area contributed by atoms with Gasteiger partial charge in [0.2, 0.25) is 5.91 Å². The average molecular weight is 248 g/mol. The molecule has 0 aromatic heterocycles. The summed E-state index contributed by atoms with van der Waals surface area (Å²) in [5.74, 6) is 0.0161. The van der Waals surface area contributed by atoms with Crippen LogP contribution in [0.5, 0.6) is 0 Å². The molecule has 0 radical (unpaired) electrons. The molecular formula is C14H20N2O2. The molecule has 1 aromatic carbocycles. The fourth-order valence-corrected chi connectivity index (χ4v) is 2.11. The fraction of sp³-hybridized carbons (Fsp3) is 0.500. The zero-order valence-electron chi connectivity index (χ0n) is 10.5. The monoisotopic (exact) mass is 248 g/mol. The van der Waals surface area contributed by atoms with Gasteiger partial charge in [0.15, 0.2) is 0 Å². The summed E-state index contributed by atoms with van der Waals surface area (Å²) in [5, 5.41) is 2.88. The summed E-state index contributed by atoms with van der Waals surface area (Å²) in [6, 6.07) is 7.60. The summed E-state index contributed by atoms with van der Waals surface area (Å²) in [6.45, 7) is 1.30. The van der Waals surface area contributed by atoms with Gasteiger partial charge in [0.25, 0.3) is 0 Å². The van der Waals surface area contributed by atoms with Crippen molar-refractivity contribution in [3.8, 4) is 0 Å². The lowest BCUT2D eigenvalue weighted by atomic mass is 10.1. The molecule has 1 heterocycles. The van der Waals surface area contributed by atoms with Crippen LogP contribution in [0, 0.1) is 0 Å². The van der Waals surface area contributed by atoms with E-state index < -0.39 is 0 Å². The van der Waals surface area contributed by atoms with E-state index in [1.165, 1.54) is 0 Å². The Balaban J connectivity index is 1.82. The van der Waals surface area contributed by atoms with Gasteiger partial charge in [-0.2, -0.15) is 0 Å². The minimum absolute atomic E-state index is 0.0161. The van der Waals surface area contributed by atoms with Gasteiger partial charge in [0.1, 0.15) is 0 Å². The SMILES string of the molecule is NCc1ccc(NC(=O)CC2CCCCO2)cc1. The number of hydrogen-bond acceptors (Lipinski definition) is 3. The first-order valence-electron chi connectivity index (χ1n) is 6.48. The van der Waals surface area contributed by atoms with Crippen molar-refractivity contribution in [1.29, 1.82) is 0 Å². The maximum Gasteiger partial charge on any atom is 0.226 e. The molecule has 1 aliphatic heterocycles. The molecule has 2 rings (SSSR count). The number of nitrogens with two attached hydrogens (primary N) is 1.